The zero-order chi connectivity index (χ0) is 44.7. The fraction of sp³-hybridized carbons (Fsp3) is 0.0769. The number of anilines is 3. The number of thiophene rings is 1. The molecule has 2 aliphatic rings. The lowest BCUT2D eigenvalue weighted by molar-refractivity contribution is 0.660. The highest BCUT2D eigenvalue weighted by Crippen LogP contribution is 2.58. The van der Waals surface area contributed by atoms with Crippen LogP contribution in [0.5, 0.6) is 0 Å². The highest BCUT2D eigenvalue weighted by Gasteiger charge is 2.46. The zero-order valence-corrected chi connectivity index (χ0v) is 30.3. The Bertz CT molecular complexity index is 3390. The molecule has 0 saturated heterocycles. The van der Waals surface area contributed by atoms with Crippen LogP contribution in [0.3, 0.4) is 0 Å². The summed E-state index contributed by atoms with van der Waals surface area (Å²) in [5, 5.41) is 2.21. The number of fused-ring (bicyclic) bond motifs is 9. The summed E-state index contributed by atoms with van der Waals surface area (Å²) < 4.78 is 93.2. The summed E-state index contributed by atoms with van der Waals surface area (Å²) in [6, 6.07) is 37.1. The summed E-state index contributed by atoms with van der Waals surface area (Å²) >= 11 is 1.72. The lowest BCUT2D eigenvalue weighted by Crippen LogP contribution is -2.28. The predicted molar refractivity (Wildman–Crippen MR) is 229 cm³/mol. The van der Waals surface area contributed by atoms with Gasteiger partial charge in [0.25, 0.3) is 0 Å². The molecule has 0 spiro atoms. The third-order valence-corrected chi connectivity index (χ3v) is 12.6. The van der Waals surface area contributed by atoms with Crippen LogP contribution in [0.4, 0.5) is 17.1 Å². The van der Waals surface area contributed by atoms with E-state index < -0.39 is 65.8 Å². The molecule has 0 radical (unpaired) electrons. The van der Waals surface area contributed by atoms with Crippen LogP contribution in [-0.2, 0) is 10.8 Å². The predicted octanol–water partition coefficient (Wildman–Crippen LogP) is 14.2. The molecule has 1 aromatic heterocycles. The van der Waals surface area contributed by atoms with Crippen LogP contribution in [0.15, 0.2) is 188 Å². The molecule has 0 unspecified atom stereocenters. The van der Waals surface area contributed by atoms with E-state index in [1.165, 1.54) is 11.1 Å². The average molecular weight is 718 g/mol. The smallest absolute Gasteiger partial charge is 0.0714 e. The van der Waals surface area contributed by atoms with Crippen molar-refractivity contribution in [3.05, 3.63) is 221 Å². The first-order chi connectivity index (χ1) is 30.7. The normalized spacial score (nSPS) is 17.0. The molecule has 9 aromatic rings. The summed E-state index contributed by atoms with van der Waals surface area (Å²) in [7, 11) is 0. The minimum atomic E-state index is -1.97. The van der Waals surface area contributed by atoms with Gasteiger partial charge in [0.1, 0.15) is 0 Å². The SMILES string of the molecule is [2H]c1c([2H])c([2H])c(C2(c3c([2H])c([2H])c([2H])c([2H])c3[2H])c3ccccc3-c3ccc(N(c4ccc5c(c4)C(C)(C)c4ccccc4-5)c4ccc5sc6ccccc6c5c4)cc32)c([2H])c1[2H]. The lowest BCUT2D eigenvalue weighted by Gasteiger charge is -2.35. The van der Waals surface area contributed by atoms with Crippen LogP contribution in [0.1, 0.15) is 60.9 Å². The standard InChI is InChI=1S/C52H37NS/c1-51(2)45-22-12-9-19-39(45)41-28-25-37(32-47(41)51)53(36-27-30-50-44(31-36)43-21-11-14-24-49(43)54-50)38-26-29-42-40-20-10-13-23-46(40)52(48(42)33-38,34-15-5-3-6-16-34)35-17-7-4-8-18-35/h3-33H,1-2H3/i3D,4D,5D,6D,7D,8D,15D,16D,17D,18D. The minimum absolute atomic E-state index is 0.199. The van der Waals surface area contributed by atoms with Gasteiger partial charge in [0.2, 0.25) is 0 Å². The van der Waals surface area contributed by atoms with E-state index >= 15 is 0 Å². The van der Waals surface area contributed by atoms with Crippen molar-refractivity contribution in [2.75, 3.05) is 4.90 Å². The van der Waals surface area contributed by atoms with Gasteiger partial charge >= 0.3 is 0 Å². The van der Waals surface area contributed by atoms with E-state index in [9.17, 15) is 5.48 Å². The molecule has 0 bridgehead atoms. The molecule has 2 heteroatoms. The summed E-state index contributed by atoms with van der Waals surface area (Å²) in [5.74, 6) is 0. The number of rotatable bonds is 5. The Morgan fingerprint density at radius 3 is 1.65 bits per heavy atom. The van der Waals surface area contributed by atoms with Crippen molar-refractivity contribution in [2.24, 2.45) is 0 Å². The maximum absolute atomic E-state index is 9.51. The summed E-state index contributed by atoms with van der Waals surface area (Å²) in [5.41, 5.74) is 6.53. The second-order valence-electron chi connectivity index (χ2n) is 14.5. The van der Waals surface area contributed by atoms with Crippen molar-refractivity contribution in [1.82, 2.24) is 0 Å². The van der Waals surface area contributed by atoms with Crippen molar-refractivity contribution < 1.29 is 13.7 Å². The van der Waals surface area contributed by atoms with Gasteiger partial charge in [0.15, 0.2) is 0 Å². The first kappa shape index (κ1) is 22.8. The maximum atomic E-state index is 9.51. The van der Waals surface area contributed by atoms with Crippen molar-refractivity contribution in [1.29, 1.82) is 0 Å². The van der Waals surface area contributed by atoms with Gasteiger partial charge < -0.3 is 4.90 Å². The fourth-order valence-electron chi connectivity index (χ4n) is 9.08. The molecule has 11 rings (SSSR count). The molecule has 8 aromatic carbocycles. The van der Waals surface area contributed by atoms with Gasteiger partial charge in [0, 0.05) is 42.6 Å². The number of benzene rings is 8. The van der Waals surface area contributed by atoms with E-state index in [0.717, 1.165) is 42.7 Å². The Kier molecular flexibility index (Phi) is 4.91. The Morgan fingerprint density at radius 2 is 0.944 bits per heavy atom. The second kappa shape index (κ2) is 11.6. The highest BCUT2D eigenvalue weighted by molar-refractivity contribution is 7.25. The Labute approximate surface area is 334 Å². The van der Waals surface area contributed by atoms with Crippen molar-refractivity contribution in [3.63, 3.8) is 0 Å². The summed E-state index contributed by atoms with van der Waals surface area (Å²) in [4.78, 5) is 2.16. The second-order valence-corrected chi connectivity index (χ2v) is 15.6. The Balaban J connectivity index is 1.26. The molecule has 2 aliphatic carbocycles. The first-order valence-corrected chi connectivity index (χ1v) is 18.8. The molecule has 0 atom stereocenters. The third-order valence-electron chi connectivity index (χ3n) is 11.5. The number of hydrogen-bond acceptors (Lipinski definition) is 2. The van der Waals surface area contributed by atoms with Gasteiger partial charge in [-0.2, -0.15) is 0 Å². The van der Waals surface area contributed by atoms with Gasteiger partial charge in [-0.05, 0) is 104 Å². The van der Waals surface area contributed by atoms with E-state index in [2.05, 4.69) is 91.5 Å². The lowest BCUT2D eigenvalue weighted by atomic mass is 9.67. The minimum Gasteiger partial charge on any atom is -0.310 e. The molecule has 0 N–H and O–H groups in total. The first-order valence-electron chi connectivity index (χ1n) is 23.0. The number of hydrogen-bond donors (Lipinski definition) is 0. The highest BCUT2D eigenvalue weighted by atomic mass is 32.1. The molecule has 54 heavy (non-hydrogen) atoms. The van der Waals surface area contributed by atoms with Crippen LogP contribution in [0, 0.1) is 0 Å². The topological polar surface area (TPSA) is 3.24 Å². The molecule has 0 saturated carbocycles. The molecule has 256 valence electrons. The Hall–Kier alpha value is -6.22. The van der Waals surface area contributed by atoms with E-state index in [1.807, 2.05) is 42.5 Å². The van der Waals surface area contributed by atoms with Crippen LogP contribution >= 0.6 is 11.3 Å². The molecule has 0 aliphatic heterocycles. The van der Waals surface area contributed by atoms with E-state index in [1.54, 1.807) is 23.5 Å². The maximum Gasteiger partial charge on any atom is 0.0714 e. The van der Waals surface area contributed by atoms with Gasteiger partial charge in [-0.3, -0.25) is 0 Å². The van der Waals surface area contributed by atoms with Gasteiger partial charge in [-0.1, -0.05) is 153 Å². The molecule has 1 heterocycles. The zero-order valence-electron chi connectivity index (χ0n) is 39.5. The quantitative estimate of drug-likeness (QED) is 0.171. The molecule has 0 amide bonds. The van der Waals surface area contributed by atoms with E-state index in [4.69, 9.17) is 8.22 Å². The summed E-state index contributed by atoms with van der Waals surface area (Å²) in [6.45, 7) is 4.47. The number of nitrogens with zero attached hydrogens (tertiary/aromatic N) is 1. The summed E-state index contributed by atoms with van der Waals surface area (Å²) in [6.07, 6.45) is 0. The molecular weight excluding hydrogens is 671 g/mol. The van der Waals surface area contributed by atoms with Gasteiger partial charge in [0.05, 0.1) is 19.1 Å². The average Bonchev–Trinajstić information content (AvgIpc) is 3.90. The van der Waals surface area contributed by atoms with Crippen molar-refractivity contribution in [2.45, 2.75) is 24.7 Å². The van der Waals surface area contributed by atoms with Crippen LogP contribution in [-0.4, -0.2) is 0 Å². The van der Waals surface area contributed by atoms with Crippen molar-refractivity contribution >= 4 is 48.6 Å². The fourth-order valence-corrected chi connectivity index (χ4v) is 10.2. The molecule has 0 fully saturated rings. The van der Waals surface area contributed by atoms with E-state index in [0.29, 0.717) is 27.9 Å². The third kappa shape index (κ3) is 4.32. The van der Waals surface area contributed by atoms with Crippen molar-refractivity contribution in [3.8, 4) is 22.3 Å². The van der Waals surface area contributed by atoms with E-state index in [-0.39, 0.29) is 16.5 Å². The van der Waals surface area contributed by atoms with Crippen LogP contribution < -0.4 is 4.90 Å². The van der Waals surface area contributed by atoms with Crippen LogP contribution in [0.25, 0.3) is 42.4 Å². The van der Waals surface area contributed by atoms with Gasteiger partial charge in [-0.15, -0.1) is 11.3 Å². The molecule has 1 nitrogen and oxygen atoms in total. The monoisotopic (exact) mass is 717 g/mol. The molecular formula is C52H37NS. The van der Waals surface area contributed by atoms with Gasteiger partial charge in [-0.25, -0.2) is 0 Å². The Morgan fingerprint density at radius 1 is 0.444 bits per heavy atom. The van der Waals surface area contributed by atoms with Crippen LogP contribution in [0.2, 0.25) is 0 Å². The largest absolute Gasteiger partial charge is 0.310 e.